The summed E-state index contributed by atoms with van der Waals surface area (Å²) in [5.41, 5.74) is 4.45. The number of fused-ring (bicyclic) bond motifs is 1. The number of H-pyrrole nitrogens is 1. The smallest absolute Gasteiger partial charge is 0.182 e. The van der Waals surface area contributed by atoms with Gasteiger partial charge in [-0.25, -0.2) is 0 Å². The highest BCUT2D eigenvalue weighted by Crippen LogP contribution is 2.23. The number of hydrogen-bond donors (Lipinski definition) is 1. The number of nitrogens with one attached hydrogen (secondary N) is 1. The molecule has 0 amide bonds. The zero-order chi connectivity index (χ0) is 12.7. The highest BCUT2D eigenvalue weighted by atomic mass is 79.9. The van der Waals surface area contributed by atoms with Gasteiger partial charge in [-0.1, -0.05) is 33.6 Å². The SMILES string of the molecule is Cc1ccc(-n2c(=S)[nH]c3cc(Br)ccc32)cc1. The second kappa shape index (κ2) is 4.37. The highest BCUT2D eigenvalue weighted by Gasteiger charge is 2.06. The Morgan fingerprint density at radius 1 is 1.11 bits per heavy atom. The van der Waals surface area contributed by atoms with Crippen molar-refractivity contribution in [1.29, 1.82) is 0 Å². The average Bonchev–Trinajstić information content (AvgIpc) is 2.65. The van der Waals surface area contributed by atoms with Gasteiger partial charge in [0, 0.05) is 10.2 Å². The van der Waals surface area contributed by atoms with Crippen LogP contribution in [0.1, 0.15) is 5.56 Å². The summed E-state index contributed by atoms with van der Waals surface area (Å²) >= 11 is 8.87. The van der Waals surface area contributed by atoms with E-state index in [0.29, 0.717) is 4.77 Å². The van der Waals surface area contributed by atoms with Gasteiger partial charge >= 0.3 is 0 Å². The van der Waals surface area contributed by atoms with E-state index >= 15 is 0 Å². The number of aromatic nitrogens is 2. The molecule has 0 aliphatic heterocycles. The van der Waals surface area contributed by atoms with Crippen molar-refractivity contribution in [3.05, 3.63) is 57.3 Å². The Morgan fingerprint density at radius 2 is 1.83 bits per heavy atom. The van der Waals surface area contributed by atoms with Gasteiger partial charge in [-0.05, 0) is 49.5 Å². The van der Waals surface area contributed by atoms with Crippen molar-refractivity contribution < 1.29 is 0 Å². The van der Waals surface area contributed by atoms with E-state index in [1.54, 1.807) is 0 Å². The van der Waals surface area contributed by atoms with Gasteiger partial charge in [0.05, 0.1) is 11.0 Å². The van der Waals surface area contributed by atoms with Gasteiger partial charge < -0.3 is 4.98 Å². The van der Waals surface area contributed by atoms with Crippen molar-refractivity contribution in [1.82, 2.24) is 9.55 Å². The van der Waals surface area contributed by atoms with E-state index in [-0.39, 0.29) is 0 Å². The Balaban J connectivity index is 2.32. The lowest BCUT2D eigenvalue weighted by Crippen LogP contribution is -1.93. The van der Waals surface area contributed by atoms with Crippen LogP contribution >= 0.6 is 28.1 Å². The molecule has 0 saturated heterocycles. The molecule has 2 aromatic carbocycles. The molecule has 1 heterocycles. The number of aryl methyl sites for hydroxylation is 1. The van der Waals surface area contributed by atoms with Gasteiger partial charge in [-0.15, -0.1) is 0 Å². The van der Waals surface area contributed by atoms with Gasteiger partial charge in [-0.3, -0.25) is 4.57 Å². The third-order valence-corrected chi connectivity index (χ3v) is 3.71. The molecule has 3 aromatic rings. The van der Waals surface area contributed by atoms with Gasteiger partial charge in [-0.2, -0.15) is 0 Å². The summed E-state index contributed by atoms with van der Waals surface area (Å²) in [4.78, 5) is 3.23. The zero-order valence-corrected chi connectivity index (χ0v) is 12.2. The predicted molar refractivity (Wildman–Crippen MR) is 80.9 cm³/mol. The summed E-state index contributed by atoms with van der Waals surface area (Å²) in [6.45, 7) is 2.08. The Kier molecular flexibility index (Phi) is 2.84. The summed E-state index contributed by atoms with van der Waals surface area (Å²) in [6.07, 6.45) is 0. The molecule has 1 aromatic heterocycles. The molecular formula is C14H11BrN2S. The number of benzene rings is 2. The molecule has 4 heteroatoms. The molecule has 0 fully saturated rings. The molecule has 0 saturated carbocycles. The maximum atomic E-state index is 5.40. The number of nitrogens with zero attached hydrogens (tertiary/aromatic N) is 1. The van der Waals surface area contributed by atoms with E-state index in [2.05, 4.69) is 62.7 Å². The second-order valence-electron chi connectivity index (χ2n) is 4.26. The van der Waals surface area contributed by atoms with Crippen LogP contribution in [0.2, 0.25) is 0 Å². The van der Waals surface area contributed by atoms with Gasteiger partial charge in [0.25, 0.3) is 0 Å². The van der Waals surface area contributed by atoms with Gasteiger partial charge in [0.15, 0.2) is 4.77 Å². The molecule has 3 rings (SSSR count). The van der Waals surface area contributed by atoms with Crippen LogP contribution in [0.5, 0.6) is 0 Å². The molecule has 1 N–H and O–H groups in total. The molecule has 0 radical (unpaired) electrons. The van der Waals surface area contributed by atoms with Crippen LogP contribution in [0.3, 0.4) is 0 Å². The molecule has 0 aliphatic carbocycles. The maximum absolute atomic E-state index is 5.40. The minimum absolute atomic E-state index is 0.715. The van der Waals surface area contributed by atoms with Gasteiger partial charge in [0.1, 0.15) is 0 Å². The first kappa shape index (κ1) is 11.7. The minimum atomic E-state index is 0.715. The third-order valence-electron chi connectivity index (χ3n) is 2.94. The van der Waals surface area contributed by atoms with Crippen LogP contribution in [-0.2, 0) is 0 Å². The summed E-state index contributed by atoms with van der Waals surface area (Å²) in [7, 11) is 0. The van der Waals surface area contributed by atoms with Crippen LogP contribution in [-0.4, -0.2) is 9.55 Å². The van der Waals surface area contributed by atoms with Crippen LogP contribution in [0.25, 0.3) is 16.7 Å². The van der Waals surface area contributed by atoms with Crippen molar-refractivity contribution in [3.63, 3.8) is 0 Å². The first-order valence-electron chi connectivity index (χ1n) is 5.62. The molecule has 0 atom stereocenters. The van der Waals surface area contributed by atoms with Crippen molar-refractivity contribution in [3.8, 4) is 5.69 Å². The summed E-state index contributed by atoms with van der Waals surface area (Å²) in [6, 6.07) is 14.5. The topological polar surface area (TPSA) is 20.7 Å². The molecule has 90 valence electrons. The van der Waals surface area contributed by atoms with E-state index in [0.717, 1.165) is 21.2 Å². The lowest BCUT2D eigenvalue weighted by atomic mass is 10.2. The van der Waals surface area contributed by atoms with E-state index in [4.69, 9.17) is 12.2 Å². The monoisotopic (exact) mass is 318 g/mol. The molecule has 0 aliphatic rings. The molecule has 0 unspecified atom stereocenters. The quantitative estimate of drug-likeness (QED) is 0.641. The fourth-order valence-corrected chi connectivity index (χ4v) is 2.71. The van der Waals surface area contributed by atoms with E-state index in [9.17, 15) is 0 Å². The molecule has 0 bridgehead atoms. The Hall–Kier alpha value is -1.39. The molecule has 18 heavy (non-hydrogen) atoms. The zero-order valence-electron chi connectivity index (χ0n) is 9.77. The van der Waals surface area contributed by atoms with Crippen molar-refractivity contribution in [2.24, 2.45) is 0 Å². The fraction of sp³-hybridized carbons (Fsp3) is 0.0714. The number of halogens is 1. The van der Waals surface area contributed by atoms with Crippen molar-refractivity contribution in [2.75, 3.05) is 0 Å². The van der Waals surface area contributed by atoms with Crippen LogP contribution < -0.4 is 0 Å². The lowest BCUT2D eigenvalue weighted by Gasteiger charge is -2.04. The van der Waals surface area contributed by atoms with E-state index in [1.165, 1.54) is 5.56 Å². The highest BCUT2D eigenvalue weighted by molar-refractivity contribution is 9.10. The molecule has 0 spiro atoms. The first-order chi connectivity index (χ1) is 8.65. The second-order valence-corrected chi connectivity index (χ2v) is 5.56. The largest absolute Gasteiger partial charge is 0.330 e. The molecule has 2 nitrogen and oxygen atoms in total. The van der Waals surface area contributed by atoms with Gasteiger partial charge in [0.2, 0.25) is 0 Å². The fourth-order valence-electron chi connectivity index (χ4n) is 2.03. The number of hydrogen-bond acceptors (Lipinski definition) is 1. The van der Waals surface area contributed by atoms with Crippen molar-refractivity contribution in [2.45, 2.75) is 6.92 Å². The van der Waals surface area contributed by atoms with Crippen LogP contribution in [0.4, 0.5) is 0 Å². The Bertz CT molecular complexity index is 769. The standard InChI is InChI=1S/C14H11BrN2S/c1-9-2-5-11(6-3-9)17-13-7-4-10(15)8-12(13)16-14(17)18/h2-8H,1H3,(H,16,18). The normalized spacial score (nSPS) is 11.0. The van der Waals surface area contributed by atoms with Crippen LogP contribution in [0, 0.1) is 11.7 Å². The summed E-state index contributed by atoms with van der Waals surface area (Å²) < 4.78 is 3.81. The number of aromatic amines is 1. The first-order valence-corrected chi connectivity index (χ1v) is 6.82. The Labute approximate surface area is 118 Å². The van der Waals surface area contributed by atoms with Crippen molar-refractivity contribution >= 4 is 39.2 Å². The molecular weight excluding hydrogens is 308 g/mol. The number of rotatable bonds is 1. The number of imidazole rings is 1. The maximum Gasteiger partial charge on any atom is 0.182 e. The Morgan fingerprint density at radius 3 is 2.56 bits per heavy atom. The van der Waals surface area contributed by atoms with E-state index in [1.807, 2.05) is 12.1 Å². The van der Waals surface area contributed by atoms with E-state index < -0.39 is 0 Å². The minimum Gasteiger partial charge on any atom is -0.330 e. The predicted octanol–water partition coefficient (Wildman–Crippen LogP) is 4.76. The average molecular weight is 319 g/mol. The van der Waals surface area contributed by atoms with Crippen LogP contribution in [0.15, 0.2) is 46.9 Å². The third kappa shape index (κ3) is 1.91. The summed E-state index contributed by atoms with van der Waals surface area (Å²) in [5, 5.41) is 0. The summed E-state index contributed by atoms with van der Waals surface area (Å²) in [5.74, 6) is 0. The lowest BCUT2D eigenvalue weighted by molar-refractivity contribution is 1.06.